The highest BCUT2D eigenvalue weighted by molar-refractivity contribution is 6.00. The zero-order valence-corrected chi connectivity index (χ0v) is 22.3. The molecule has 9 heteroatoms. The van der Waals surface area contributed by atoms with Crippen molar-refractivity contribution >= 4 is 27.4 Å². The number of nitrogens with zero attached hydrogens (tertiary/aromatic N) is 2. The third kappa shape index (κ3) is 3.44. The van der Waals surface area contributed by atoms with Crippen molar-refractivity contribution in [3.05, 3.63) is 99.2 Å². The van der Waals surface area contributed by atoms with Crippen LogP contribution in [0.25, 0.3) is 32.3 Å². The van der Waals surface area contributed by atoms with Gasteiger partial charge in [0.15, 0.2) is 5.69 Å². The van der Waals surface area contributed by atoms with Crippen molar-refractivity contribution in [1.29, 1.82) is 0 Å². The summed E-state index contributed by atoms with van der Waals surface area (Å²) in [6, 6.07) is 17.4. The molecule has 3 atom stereocenters. The number of hydrogen-bond donors (Lipinski definition) is 3. The Balaban J connectivity index is 1.27. The van der Waals surface area contributed by atoms with Crippen molar-refractivity contribution in [2.45, 2.75) is 44.0 Å². The van der Waals surface area contributed by atoms with E-state index in [1.165, 1.54) is 10.6 Å². The molecule has 0 aliphatic carbocycles. The maximum atomic E-state index is 11.8. The van der Waals surface area contributed by atoms with Gasteiger partial charge in [0.2, 0.25) is 11.8 Å². The van der Waals surface area contributed by atoms with Gasteiger partial charge >= 0.3 is 5.63 Å². The van der Waals surface area contributed by atoms with Crippen molar-refractivity contribution in [2.75, 3.05) is 6.61 Å². The zero-order chi connectivity index (χ0) is 28.7. The molecule has 1 saturated heterocycles. The molecule has 1 fully saturated rings. The number of ether oxygens (including phenoxy) is 2. The average molecular weight is 551 g/mol. The van der Waals surface area contributed by atoms with Gasteiger partial charge < -0.3 is 29.2 Å². The van der Waals surface area contributed by atoms with Crippen LogP contribution in [0.3, 0.4) is 0 Å². The molecule has 41 heavy (non-hydrogen) atoms. The minimum atomic E-state index is -1.24. The third-order valence-electron chi connectivity index (χ3n) is 8.58. The molecule has 2 bridgehead atoms. The largest absolute Gasteiger partial charge is 0.494 e. The van der Waals surface area contributed by atoms with Gasteiger partial charge in [0, 0.05) is 30.4 Å². The number of aromatic hydroxyl groups is 2. The van der Waals surface area contributed by atoms with E-state index in [1.54, 1.807) is 31.2 Å². The van der Waals surface area contributed by atoms with Gasteiger partial charge in [-0.15, -0.1) is 0 Å². The SMILES string of the molecule is [C-]#[N+]c1ccc(-n2c(O)c3c(c2O)C2(C)OC3(CCOc3ccc4c(C)cc(=O)oc4c3)C[C@H]2O)c2ccccc12. The highest BCUT2D eigenvalue weighted by atomic mass is 16.6. The molecule has 2 unspecified atom stereocenters. The van der Waals surface area contributed by atoms with Crippen LogP contribution in [0.4, 0.5) is 5.69 Å². The molecule has 206 valence electrons. The Kier molecular flexibility index (Phi) is 5.29. The number of aromatic nitrogens is 1. The topological polar surface area (TPSA) is 119 Å². The lowest BCUT2D eigenvalue weighted by molar-refractivity contribution is -0.107. The van der Waals surface area contributed by atoms with Crippen LogP contribution in [0.5, 0.6) is 17.5 Å². The summed E-state index contributed by atoms with van der Waals surface area (Å²) in [6.07, 6.45) is -0.438. The molecule has 0 amide bonds. The first-order chi connectivity index (χ1) is 19.7. The summed E-state index contributed by atoms with van der Waals surface area (Å²) in [7, 11) is 0. The average Bonchev–Trinajstić information content (AvgIpc) is 3.48. The summed E-state index contributed by atoms with van der Waals surface area (Å²) < 4.78 is 19.1. The second-order valence-corrected chi connectivity index (χ2v) is 10.9. The van der Waals surface area contributed by atoms with Crippen molar-refractivity contribution in [2.24, 2.45) is 0 Å². The quantitative estimate of drug-likeness (QED) is 0.190. The Hall–Kier alpha value is -4.78. The summed E-state index contributed by atoms with van der Waals surface area (Å²) in [4.78, 5) is 15.4. The van der Waals surface area contributed by atoms with Gasteiger partial charge in [-0.1, -0.05) is 30.3 Å². The minimum absolute atomic E-state index is 0.164. The maximum absolute atomic E-state index is 11.8. The first-order valence-electron chi connectivity index (χ1n) is 13.3. The van der Waals surface area contributed by atoms with E-state index in [4.69, 9.17) is 20.5 Å². The van der Waals surface area contributed by atoms with E-state index in [9.17, 15) is 20.1 Å². The number of aliphatic hydroxyl groups is 1. The molecule has 5 aromatic rings. The van der Waals surface area contributed by atoms with Crippen LogP contribution in [0.15, 0.2) is 69.9 Å². The predicted octanol–water partition coefficient (Wildman–Crippen LogP) is 5.68. The monoisotopic (exact) mass is 550 g/mol. The van der Waals surface area contributed by atoms with E-state index >= 15 is 0 Å². The Labute approximate surface area is 234 Å². The Morgan fingerprint density at radius 3 is 2.59 bits per heavy atom. The molecular weight excluding hydrogens is 524 g/mol. The van der Waals surface area contributed by atoms with Crippen molar-refractivity contribution in [1.82, 2.24) is 4.57 Å². The van der Waals surface area contributed by atoms with Crippen LogP contribution in [0.1, 0.15) is 36.5 Å². The van der Waals surface area contributed by atoms with Gasteiger partial charge in [-0.25, -0.2) is 9.64 Å². The molecule has 4 heterocycles. The second-order valence-electron chi connectivity index (χ2n) is 10.9. The lowest BCUT2D eigenvalue weighted by Gasteiger charge is -2.26. The minimum Gasteiger partial charge on any atom is -0.494 e. The van der Waals surface area contributed by atoms with Gasteiger partial charge in [0.05, 0.1) is 36.1 Å². The van der Waals surface area contributed by atoms with Gasteiger partial charge in [-0.05, 0) is 48.4 Å². The van der Waals surface area contributed by atoms with Gasteiger partial charge in [-0.2, -0.15) is 0 Å². The Bertz CT molecular complexity index is 2000. The van der Waals surface area contributed by atoms with Crippen LogP contribution >= 0.6 is 0 Å². The summed E-state index contributed by atoms with van der Waals surface area (Å²) in [5, 5.41) is 36.4. The Morgan fingerprint density at radius 1 is 1.05 bits per heavy atom. The number of benzene rings is 3. The number of fused-ring (bicyclic) bond motifs is 7. The standard InChI is InChI=1S/C32H26N2O7/c1-17-14-26(36)40-24-15-18(8-9-19(17)24)39-13-12-32-16-25(35)31(2,41-32)27-28(32)30(38)34(29(27)37)23-11-10-22(33-3)20-6-4-5-7-21(20)23/h4-11,14-15,25,35,37-38H,12-13,16H2,1-2H3/t25-,31?,32?/m1/s1. The van der Waals surface area contributed by atoms with E-state index in [-0.39, 0.29) is 31.2 Å². The normalized spacial score (nSPS) is 22.7. The number of aliphatic hydroxyl groups excluding tert-OH is 1. The summed E-state index contributed by atoms with van der Waals surface area (Å²) in [6.45, 7) is 11.2. The molecule has 2 aliphatic heterocycles. The van der Waals surface area contributed by atoms with E-state index in [2.05, 4.69) is 4.85 Å². The maximum Gasteiger partial charge on any atom is 0.336 e. The van der Waals surface area contributed by atoms with Gasteiger partial charge in [0.1, 0.15) is 22.5 Å². The van der Waals surface area contributed by atoms with Gasteiger partial charge in [0.25, 0.3) is 0 Å². The van der Waals surface area contributed by atoms with Crippen molar-refractivity contribution in [3.63, 3.8) is 0 Å². The van der Waals surface area contributed by atoms with Crippen LogP contribution in [-0.4, -0.2) is 32.6 Å². The van der Waals surface area contributed by atoms with Crippen LogP contribution in [-0.2, 0) is 15.9 Å². The van der Waals surface area contributed by atoms with Crippen molar-refractivity contribution < 1.29 is 29.2 Å². The summed E-state index contributed by atoms with van der Waals surface area (Å²) in [5.74, 6) is 0.0946. The smallest absolute Gasteiger partial charge is 0.336 e. The van der Waals surface area contributed by atoms with Crippen LogP contribution < -0.4 is 10.4 Å². The number of hydrogen-bond acceptors (Lipinski definition) is 7. The third-order valence-corrected chi connectivity index (χ3v) is 8.58. The zero-order valence-electron chi connectivity index (χ0n) is 22.3. The number of rotatable bonds is 5. The molecule has 0 saturated carbocycles. The molecule has 2 aromatic heterocycles. The van der Waals surface area contributed by atoms with Gasteiger partial charge in [-0.3, -0.25) is 4.57 Å². The molecule has 0 radical (unpaired) electrons. The molecule has 3 aromatic carbocycles. The Morgan fingerprint density at radius 2 is 1.80 bits per heavy atom. The predicted molar refractivity (Wildman–Crippen MR) is 151 cm³/mol. The highest BCUT2D eigenvalue weighted by Gasteiger charge is 2.66. The molecule has 3 N–H and O–H groups in total. The van der Waals surface area contributed by atoms with Crippen molar-refractivity contribution in [3.8, 4) is 23.2 Å². The van der Waals surface area contributed by atoms with Crippen LogP contribution in [0.2, 0.25) is 0 Å². The molecule has 9 nitrogen and oxygen atoms in total. The summed E-state index contributed by atoms with van der Waals surface area (Å²) >= 11 is 0. The van der Waals surface area contributed by atoms with E-state index in [0.717, 1.165) is 10.9 Å². The lowest BCUT2D eigenvalue weighted by Crippen LogP contribution is -2.33. The molecule has 7 rings (SSSR count). The molecular formula is C32H26N2O7. The fraction of sp³-hybridized carbons (Fsp3) is 0.250. The first kappa shape index (κ1) is 25.2. The van der Waals surface area contributed by atoms with E-state index in [0.29, 0.717) is 44.6 Å². The number of aryl methyl sites for hydroxylation is 1. The van der Waals surface area contributed by atoms with Crippen LogP contribution in [0, 0.1) is 13.5 Å². The lowest BCUT2D eigenvalue weighted by atomic mass is 9.76. The second kappa shape index (κ2) is 8.61. The molecule has 0 spiro atoms. The fourth-order valence-electron chi connectivity index (χ4n) is 6.64. The first-order valence-corrected chi connectivity index (χ1v) is 13.3. The highest BCUT2D eigenvalue weighted by Crippen LogP contribution is 2.65. The van der Waals surface area contributed by atoms with E-state index in [1.807, 2.05) is 37.3 Å². The fourth-order valence-corrected chi connectivity index (χ4v) is 6.64. The van der Waals surface area contributed by atoms with E-state index < -0.39 is 22.9 Å². The molecule has 2 aliphatic rings. The summed E-state index contributed by atoms with van der Waals surface area (Å²) in [5.41, 5.74) is 0.184.